The highest BCUT2D eigenvalue weighted by Crippen LogP contribution is 2.19. The van der Waals surface area contributed by atoms with Crippen LogP contribution in [-0.4, -0.2) is 56.0 Å². The number of β-amino-alcohol motifs (C(OH)–C–C–N with tert-alkyl or cyclic N) is 1. The summed E-state index contributed by atoms with van der Waals surface area (Å²) in [6.45, 7) is 1.94. The van der Waals surface area contributed by atoms with E-state index in [2.05, 4.69) is 0 Å². The molecule has 102 valence electrons. The maximum absolute atomic E-state index is 11.8. The van der Waals surface area contributed by atoms with Crippen LogP contribution in [0.1, 0.15) is 12.2 Å². The van der Waals surface area contributed by atoms with E-state index in [1.54, 1.807) is 6.07 Å². The average Bonchev–Trinajstić information content (AvgIpc) is 2.88. The first-order chi connectivity index (χ1) is 8.39. The summed E-state index contributed by atoms with van der Waals surface area (Å²) in [6.07, 6.45) is 0.466. The number of sulfonamides is 1. The third-order valence-corrected chi connectivity index (χ3v) is 4.69. The molecule has 0 spiro atoms. The van der Waals surface area contributed by atoms with E-state index < -0.39 is 10.0 Å². The van der Waals surface area contributed by atoms with Gasteiger partial charge in [0.1, 0.15) is 5.76 Å². The molecule has 2 heterocycles. The molecule has 1 aliphatic rings. The molecule has 1 fully saturated rings. The molecule has 1 aliphatic heterocycles. The smallest absolute Gasteiger partial charge is 0.275 e. The average molecular weight is 274 g/mol. The third-order valence-electron chi connectivity index (χ3n) is 3.00. The summed E-state index contributed by atoms with van der Waals surface area (Å²) in [5.74, 6) is 0.601. The summed E-state index contributed by atoms with van der Waals surface area (Å²) in [7, 11) is -0.568. The lowest BCUT2D eigenvalue weighted by Crippen LogP contribution is -2.22. The fourth-order valence-corrected chi connectivity index (χ4v) is 2.75. The van der Waals surface area contributed by atoms with Gasteiger partial charge in [-0.05, 0) is 18.6 Å². The van der Waals surface area contributed by atoms with Crippen molar-refractivity contribution in [3.63, 3.8) is 0 Å². The van der Waals surface area contributed by atoms with Crippen molar-refractivity contribution in [2.75, 3.05) is 27.2 Å². The quantitative estimate of drug-likeness (QED) is 0.842. The largest absolute Gasteiger partial charge is 0.447 e. The van der Waals surface area contributed by atoms with E-state index >= 15 is 0 Å². The second-order valence-corrected chi connectivity index (χ2v) is 6.77. The normalized spacial score (nSPS) is 21.9. The molecule has 0 radical (unpaired) electrons. The zero-order valence-corrected chi connectivity index (χ0v) is 11.4. The van der Waals surface area contributed by atoms with Gasteiger partial charge in [0.25, 0.3) is 10.0 Å². The third kappa shape index (κ3) is 2.74. The van der Waals surface area contributed by atoms with Crippen LogP contribution in [-0.2, 0) is 16.6 Å². The fraction of sp³-hybridized carbons (Fsp3) is 0.636. The van der Waals surface area contributed by atoms with Gasteiger partial charge in [0.05, 0.1) is 12.6 Å². The molecular weight excluding hydrogens is 256 g/mol. The molecule has 0 unspecified atom stereocenters. The van der Waals surface area contributed by atoms with Crippen molar-refractivity contribution >= 4 is 10.0 Å². The Morgan fingerprint density at radius 2 is 2.22 bits per heavy atom. The standard InChI is InChI=1S/C11H18N2O4S/c1-12(2)18(15,16)11-4-3-10(17-11)8-13-6-5-9(14)7-13/h3-4,9,14H,5-8H2,1-2H3/t9-/m1/s1. The predicted molar refractivity (Wildman–Crippen MR) is 65.5 cm³/mol. The van der Waals surface area contributed by atoms with E-state index in [1.807, 2.05) is 4.90 Å². The molecule has 0 bridgehead atoms. The molecule has 1 aromatic rings. The number of rotatable bonds is 4. The fourth-order valence-electron chi connectivity index (χ4n) is 1.94. The molecule has 0 saturated carbocycles. The van der Waals surface area contributed by atoms with Crippen molar-refractivity contribution in [3.05, 3.63) is 17.9 Å². The van der Waals surface area contributed by atoms with E-state index in [4.69, 9.17) is 4.42 Å². The van der Waals surface area contributed by atoms with Crippen molar-refractivity contribution in [3.8, 4) is 0 Å². The molecule has 1 aromatic heterocycles. The maximum Gasteiger partial charge on any atom is 0.275 e. The highest BCUT2D eigenvalue weighted by atomic mass is 32.2. The van der Waals surface area contributed by atoms with Crippen molar-refractivity contribution < 1.29 is 17.9 Å². The van der Waals surface area contributed by atoms with Gasteiger partial charge in [-0.25, -0.2) is 12.7 Å². The predicted octanol–water partition coefficient (Wildman–Crippen LogP) is 0.0965. The Kier molecular flexibility index (Phi) is 3.76. The SMILES string of the molecule is CN(C)S(=O)(=O)c1ccc(CN2CC[C@@H](O)C2)o1. The van der Waals surface area contributed by atoms with E-state index in [0.29, 0.717) is 18.8 Å². The Bertz CT molecular complexity index is 509. The van der Waals surface area contributed by atoms with Gasteiger partial charge < -0.3 is 9.52 Å². The van der Waals surface area contributed by atoms with Gasteiger partial charge in [-0.3, -0.25) is 4.90 Å². The van der Waals surface area contributed by atoms with E-state index in [0.717, 1.165) is 17.3 Å². The van der Waals surface area contributed by atoms with Crippen molar-refractivity contribution in [1.29, 1.82) is 0 Å². The number of hydrogen-bond donors (Lipinski definition) is 1. The van der Waals surface area contributed by atoms with E-state index in [-0.39, 0.29) is 11.2 Å². The first-order valence-corrected chi connectivity index (χ1v) is 7.25. The Morgan fingerprint density at radius 3 is 2.78 bits per heavy atom. The maximum atomic E-state index is 11.8. The zero-order chi connectivity index (χ0) is 13.3. The monoisotopic (exact) mass is 274 g/mol. The summed E-state index contributed by atoms with van der Waals surface area (Å²) in [4.78, 5) is 2.04. The van der Waals surface area contributed by atoms with Crippen LogP contribution < -0.4 is 0 Å². The molecule has 1 saturated heterocycles. The molecule has 6 nitrogen and oxygen atoms in total. The molecule has 0 amide bonds. The Hall–Kier alpha value is -0.890. The van der Waals surface area contributed by atoms with Gasteiger partial charge in [-0.15, -0.1) is 0 Å². The Labute approximate surface area is 107 Å². The molecule has 18 heavy (non-hydrogen) atoms. The highest BCUT2D eigenvalue weighted by Gasteiger charge is 2.24. The van der Waals surface area contributed by atoms with Gasteiger partial charge >= 0.3 is 0 Å². The van der Waals surface area contributed by atoms with Crippen molar-refractivity contribution in [1.82, 2.24) is 9.21 Å². The van der Waals surface area contributed by atoms with Crippen molar-refractivity contribution in [2.24, 2.45) is 0 Å². The topological polar surface area (TPSA) is 74.0 Å². The van der Waals surface area contributed by atoms with Gasteiger partial charge in [-0.1, -0.05) is 0 Å². The first-order valence-electron chi connectivity index (χ1n) is 5.81. The molecule has 0 aliphatic carbocycles. The Morgan fingerprint density at radius 1 is 1.50 bits per heavy atom. The van der Waals surface area contributed by atoms with E-state index in [1.165, 1.54) is 20.2 Å². The molecule has 0 aromatic carbocycles. The minimum absolute atomic E-state index is 0.0396. The number of furan rings is 1. The second-order valence-electron chi connectivity index (χ2n) is 4.69. The molecular formula is C11H18N2O4S. The number of aliphatic hydroxyl groups excluding tert-OH is 1. The minimum Gasteiger partial charge on any atom is -0.447 e. The van der Waals surface area contributed by atoms with Gasteiger partial charge in [0.15, 0.2) is 0 Å². The summed E-state index contributed by atoms with van der Waals surface area (Å²) in [6, 6.07) is 3.14. The lowest BCUT2D eigenvalue weighted by Gasteiger charge is -2.12. The number of aliphatic hydroxyl groups is 1. The summed E-state index contributed by atoms with van der Waals surface area (Å²) < 4.78 is 30.1. The Balaban J connectivity index is 2.07. The molecule has 1 N–H and O–H groups in total. The van der Waals surface area contributed by atoms with Crippen LogP contribution in [0.3, 0.4) is 0 Å². The number of nitrogens with zero attached hydrogens (tertiary/aromatic N) is 2. The lowest BCUT2D eigenvalue weighted by atomic mass is 10.3. The molecule has 7 heteroatoms. The highest BCUT2D eigenvalue weighted by molar-refractivity contribution is 7.88. The van der Waals surface area contributed by atoms with Gasteiger partial charge in [0, 0.05) is 27.2 Å². The van der Waals surface area contributed by atoms with Gasteiger partial charge in [-0.2, -0.15) is 0 Å². The van der Waals surface area contributed by atoms with E-state index in [9.17, 15) is 13.5 Å². The zero-order valence-electron chi connectivity index (χ0n) is 10.5. The van der Waals surface area contributed by atoms with Crippen LogP contribution in [0.15, 0.2) is 21.6 Å². The van der Waals surface area contributed by atoms with Crippen LogP contribution >= 0.6 is 0 Å². The van der Waals surface area contributed by atoms with Crippen molar-refractivity contribution in [2.45, 2.75) is 24.2 Å². The summed E-state index contributed by atoms with van der Waals surface area (Å²) in [5, 5.41) is 9.37. The minimum atomic E-state index is -3.50. The number of likely N-dealkylation sites (tertiary alicyclic amines) is 1. The second kappa shape index (κ2) is 5.00. The summed E-state index contributed by atoms with van der Waals surface area (Å²) >= 11 is 0. The first kappa shape index (κ1) is 13.5. The number of hydrogen-bond acceptors (Lipinski definition) is 5. The molecule has 1 atom stereocenters. The van der Waals surface area contributed by atoms with Gasteiger partial charge in [0.2, 0.25) is 5.09 Å². The molecule has 2 rings (SSSR count). The van der Waals surface area contributed by atoms with Crippen LogP contribution in [0.2, 0.25) is 0 Å². The van der Waals surface area contributed by atoms with Crippen LogP contribution in [0.4, 0.5) is 0 Å². The van der Waals surface area contributed by atoms with Crippen LogP contribution in [0.5, 0.6) is 0 Å². The lowest BCUT2D eigenvalue weighted by molar-refractivity contribution is 0.171. The van der Waals surface area contributed by atoms with Crippen LogP contribution in [0.25, 0.3) is 0 Å². The summed E-state index contributed by atoms with van der Waals surface area (Å²) in [5.41, 5.74) is 0. The van der Waals surface area contributed by atoms with Crippen LogP contribution in [0, 0.1) is 0 Å².